The van der Waals surface area contributed by atoms with E-state index in [9.17, 15) is 4.79 Å². The number of fused-ring (bicyclic) bond motifs is 2. The van der Waals surface area contributed by atoms with Gasteiger partial charge in [-0.2, -0.15) is 0 Å². The highest BCUT2D eigenvalue weighted by atomic mass is 16.5. The number of aromatic nitrogens is 2. The van der Waals surface area contributed by atoms with Crippen LogP contribution in [0.5, 0.6) is 5.88 Å². The summed E-state index contributed by atoms with van der Waals surface area (Å²) >= 11 is 0. The molecule has 7 nitrogen and oxygen atoms in total. The number of carboxylic acid groups (broad SMARTS) is 1. The summed E-state index contributed by atoms with van der Waals surface area (Å²) in [5, 5.41) is 12.4. The number of nitrogens with one attached hydrogen (secondary N) is 1. The van der Waals surface area contributed by atoms with E-state index in [4.69, 9.17) is 9.84 Å². The summed E-state index contributed by atoms with van der Waals surface area (Å²) in [5.74, 6) is 1.34. The Morgan fingerprint density at radius 3 is 3.09 bits per heavy atom. The van der Waals surface area contributed by atoms with Crippen LogP contribution in [0.15, 0.2) is 41.6 Å². The quantitative estimate of drug-likeness (QED) is 0.861. The van der Waals surface area contributed by atoms with Gasteiger partial charge < -0.3 is 15.2 Å². The van der Waals surface area contributed by atoms with E-state index >= 15 is 0 Å². The molecule has 3 heterocycles. The minimum absolute atomic E-state index is 0.393. The number of carbonyl (C=O) groups is 1. The topological polar surface area (TPSA) is 87.6 Å². The maximum absolute atomic E-state index is 11.1. The summed E-state index contributed by atoms with van der Waals surface area (Å²) in [4.78, 5) is 20.9. The van der Waals surface area contributed by atoms with Crippen molar-refractivity contribution in [2.24, 2.45) is 0 Å². The van der Waals surface area contributed by atoms with Crippen LogP contribution in [-0.2, 0) is 13.1 Å². The maximum Gasteiger partial charge on any atom is 0.412 e. The van der Waals surface area contributed by atoms with Gasteiger partial charge in [0.15, 0.2) is 0 Å². The Hall–Kier alpha value is -2.67. The van der Waals surface area contributed by atoms with E-state index in [2.05, 4.69) is 15.3 Å². The van der Waals surface area contributed by atoms with Crippen LogP contribution in [0.3, 0.4) is 0 Å². The second-order valence-corrected chi connectivity index (χ2v) is 5.29. The maximum atomic E-state index is 11.1. The molecule has 1 aromatic heterocycles. The van der Waals surface area contributed by atoms with Crippen molar-refractivity contribution in [2.45, 2.75) is 19.5 Å². The van der Waals surface area contributed by atoms with Crippen LogP contribution in [0.2, 0.25) is 0 Å². The Morgan fingerprint density at radius 2 is 2.23 bits per heavy atom. The molecule has 112 valence electrons. The molecule has 7 heteroatoms. The predicted molar refractivity (Wildman–Crippen MR) is 76.8 cm³/mol. The lowest BCUT2D eigenvalue weighted by molar-refractivity contribution is 0.165. The van der Waals surface area contributed by atoms with Crippen molar-refractivity contribution in [3.8, 4) is 5.88 Å². The highest BCUT2D eigenvalue weighted by Crippen LogP contribution is 2.33. The molecule has 4 rings (SSSR count). The number of allylic oxidation sites excluding steroid dienone is 4. The van der Waals surface area contributed by atoms with Gasteiger partial charge >= 0.3 is 6.09 Å². The molecule has 0 spiro atoms. The fourth-order valence-electron chi connectivity index (χ4n) is 2.89. The molecule has 0 saturated carbocycles. The van der Waals surface area contributed by atoms with Crippen LogP contribution in [0, 0.1) is 0 Å². The lowest BCUT2D eigenvalue weighted by atomic mass is 10.0. The smallest absolute Gasteiger partial charge is 0.412 e. The van der Waals surface area contributed by atoms with Crippen molar-refractivity contribution < 1.29 is 14.6 Å². The van der Waals surface area contributed by atoms with Crippen LogP contribution in [-0.4, -0.2) is 32.6 Å². The second kappa shape index (κ2) is 4.96. The largest absolute Gasteiger partial charge is 0.465 e. The van der Waals surface area contributed by atoms with Crippen molar-refractivity contribution in [3.63, 3.8) is 0 Å². The Bertz CT molecular complexity index is 751. The number of ether oxygens (including phenoxy) is 1. The van der Waals surface area contributed by atoms with Crippen molar-refractivity contribution in [1.29, 1.82) is 0 Å². The minimum Gasteiger partial charge on any atom is -0.465 e. The molecule has 0 atom stereocenters. The zero-order valence-electron chi connectivity index (χ0n) is 11.7. The second-order valence-electron chi connectivity index (χ2n) is 5.29. The zero-order valence-corrected chi connectivity index (χ0v) is 11.7. The standard InChI is InChI=1S/C15H14N4O3/c20-15(21)19-4-3-9-5-10(1-2-13(9)19)22-14-11-6-16-7-12(11)17-8-18-14/h1-3,8,16H,4-7H2,(H,20,21). The fourth-order valence-corrected chi connectivity index (χ4v) is 2.89. The van der Waals surface area contributed by atoms with Gasteiger partial charge in [0.2, 0.25) is 5.88 Å². The highest BCUT2D eigenvalue weighted by Gasteiger charge is 2.28. The van der Waals surface area contributed by atoms with Crippen LogP contribution in [0.4, 0.5) is 4.79 Å². The Kier molecular flexibility index (Phi) is 2.93. The van der Waals surface area contributed by atoms with E-state index in [0.29, 0.717) is 25.4 Å². The van der Waals surface area contributed by atoms with E-state index in [-0.39, 0.29) is 0 Å². The lowest BCUT2D eigenvalue weighted by Gasteiger charge is -2.20. The third-order valence-corrected chi connectivity index (χ3v) is 3.98. The van der Waals surface area contributed by atoms with Gasteiger partial charge in [-0.1, -0.05) is 6.08 Å². The van der Waals surface area contributed by atoms with E-state index in [1.54, 1.807) is 6.08 Å². The van der Waals surface area contributed by atoms with Gasteiger partial charge in [-0.05, 0) is 17.7 Å². The van der Waals surface area contributed by atoms with E-state index in [1.807, 2.05) is 12.2 Å². The molecule has 1 aliphatic carbocycles. The average molecular weight is 298 g/mol. The Balaban J connectivity index is 1.59. The summed E-state index contributed by atoms with van der Waals surface area (Å²) in [6.45, 7) is 1.83. The van der Waals surface area contributed by atoms with E-state index < -0.39 is 6.09 Å². The number of rotatable bonds is 2. The summed E-state index contributed by atoms with van der Waals surface area (Å²) < 4.78 is 5.92. The first-order valence-electron chi connectivity index (χ1n) is 7.04. The third kappa shape index (κ3) is 2.06. The van der Waals surface area contributed by atoms with Gasteiger partial charge in [-0.3, -0.25) is 4.90 Å². The molecule has 0 fully saturated rings. The van der Waals surface area contributed by atoms with Crippen LogP contribution < -0.4 is 10.1 Å². The fraction of sp³-hybridized carbons (Fsp3) is 0.267. The van der Waals surface area contributed by atoms with E-state index in [0.717, 1.165) is 34.8 Å². The summed E-state index contributed by atoms with van der Waals surface area (Å²) in [7, 11) is 0. The molecule has 0 radical (unpaired) electrons. The number of nitrogens with zero attached hydrogens (tertiary/aromatic N) is 3. The van der Waals surface area contributed by atoms with Gasteiger partial charge in [0.05, 0.1) is 17.0 Å². The van der Waals surface area contributed by atoms with Gasteiger partial charge in [0, 0.05) is 26.1 Å². The van der Waals surface area contributed by atoms with Crippen molar-refractivity contribution in [1.82, 2.24) is 20.2 Å². The SMILES string of the molecule is O=C(O)N1CC=C2CC(Oc3ncnc4c3CNC4)=CC=C21. The average Bonchev–Trinajstić information content (AvgIpc) is 3.13. The molecule has 0 bridgehead atoms. The number of hydrogen-bond donors (Lipinski definition) is 2. The van der Waals surface area contributed by atoms with Crippen LogP contribution in [0.1, 0.15) is 17.7 Å². The molecular weight excluding hydrogens is 284 g/mol. The molecule has 0 saturated heterocycles. The summed E-state index contributed by atoms with van der Waals surface area (Å²) in [5.41, 5.74) is 3.67. The first-order valence-corrected chi connectivity index (χ1v) is 7.04. The molecule has 1 amide bonds. The first-order chi connectivity index (χ1) is 10.7. The molecule has 1 aromatic rings. The normalized spacial score (nSPS) is 19.1. The molecule has 0 aromatic carbocycles. The van der Waals surface area contributed by atoms with Gasteiger partial charge in [0.1, 0.15) is 12.1 Å². The molecule has 3 aliphatic rings. The van der Waals surface area contributed by atoms with E-state index in [1.165, 1.54) is 11.2 Å². The lowest BCUT2D eigenvalue weighted by Crippen LogP contribution is -2.26. The van der Waals surface area contributed by atoms with Gasteiger partial charge in [-0.25, -0.2) is 14.8 Å². The number of hydrogen-bond acceptors (Lipinski definition) is 5. The first kappa shape index (κ1) is 13.0. The van der Waals surface area contributed by atoms with Gasteiger partial charge in [-0.15, -0.1) is 0 Å². The van der Waals surface area contributed by atoms with Crippen molar-refractivity contribution in [2.75, 3.05) is 6.54 Å². The zero-order chi connectivity index (χ0) is 15.1. The summed E-state index contributed by atoms with van der Waals surface area (Å²) in [6.07, 6.45) is 6.66. The van der Waals surface area contributed by atoms with Gasteiger partial charge in [0.25, 0.3) is 0 Å². The van der Waals surface area contributed by atoms with Crippen molar-refractivity contribution >= 4 is 6.09 Å². The number of amides is 1. The third-order valence-electron chi connectivity index (χ3n) is 3.98. The molecular formula is C15H14N4O3. The van der Waals surface area contributed by atoms with Crippen molar-refractivity contribution in [3.05, 3.63) is 52.8 Å². The predicted octanol–water partition coefficient (Wildman–Crippen LogP) is 1.55. The minimum atomic E-state index is -0.935. The Morgan fingerprint density at radius 1 is 1.32 bits per heavy atom. The Labute approximate surface area is 126 Å². The molecule has 22 heavy (non-hydrogen) atoms. The summed E-state index contributed by atoms with van der Waals surface area (Å²) in [6, 6.07) is 0. The monoisotopic (exact) mass is 298 g/mol. The van der Waals surface area contributed by atoms with Crippen LogP contribution >= 0.6 is 0 Å². The van der Waals surface area contributed by atoms with Crippen LogP contribution in [0.25, 0.3) is 0 Å². The highest BCUT2D eigenvalue weighted by molar-refractivity contribution is 5.71. The molecule has 2 aliphatic heterocycles. The molecule has 0 unspecified atom stereocenters. The molecule has 2 N–H and O–H groups in total.